The van der Waals surface area contributed by atoms with E-state index in [1.165, 1.54) is 0 Å². The molecule has 0 aromatic carbocycles. The number of aryl methyl sites for hydroxylation is 1. The zero-order valence-corrected chi connectivity index (χ0v) is 13.5. The highest BCUT2D eigenvalue weighted by atomic mass is 32.1. The third-order valence-corrected chi connectivity index (χ3v) is 4.40. The van der Waals surface area contributed by atoms with Gasteiger partial charge in [0, 0.05) is 11.6 Å². The van der Waals surface area contributed by atoms with Gasteiger partial charge in [0.15, 0.2) is 5.82 Å². The smallest absolute Gasteiger partial charge is 0.159 e. The van der Waals surface area contributed by atoms with E-state index in [2.05, 4.69) is 20.5 Å². The van der Waals surface area contributed by atoms with Crippen molar-refractivity contribution < 1.29 is 0 Å². The Morgan fingerprint density at radius 2 is 2.05 bits per heavy atom. The Hall–Kier alpha value is -1.60. The summed E-state index contributed by atoms with van der Waals surface area (Å²) in [6.45, 7) is 7.90. The van der Waals surface area contributed by atoms with Crippen LogP contribution < -0.4 is 11.1 Å². The van der Waals surface area contributed by atoms with Gasteiger partial charge in [-0.3, -0.25) is 0 Å². The third-order valence-electron chi connectivity index (χ3n) is 3.10. The van der Waals surface area contributed by atoms with Crippen LogP contribution in [0.25, 0.3) is 0 Å². The number of nitrogens with two attached hydrogens (primary N) is 1. The molecule has 0 aliphatic carbocycles. The lowest BCUT2D eigenvalue weighted by Gasteiger charge is -2.26. The number of hydrogen-bond donors (Lipinski definition) is 2. The predicted molar refractivity (Wildman–Crippen MR) is 86.2 cm³/mol. The van der Waals surface area contributed by atoms with Gasteiger partial charge in [0.25, 0.3) is 0 Å². The van der Waals surface area contributed by atoms with Crippen molar-refractivity contribution in [3.05, 3.63) is 33.4 Å². The number of thiazole rings is 1. The summed E-state index contributed by atoms with van der Waals surface area (Å²) in [7, 11) is 0. The van der Waals surface area contributed by atoms with Crippen LogP contribution in [0.15, 0.2) is 11.6 Å². The van der Waals surface area contributed by atoms with Gasteiger partial charge in [0.2, 0.25) is 0 Å². The molecule has 3 N–H and O–H groups in total. The van der Waals surface area contributed by atoms with Crippen molar-refractivity contribution in [2.45, 2.75) is 33.2 Å². The van der Waals surface area contributed by atoms with E-state index in [0.717, 1.165) is 21.8 Å². The third kappa shape index (κ3) is 2.78. The zero-order valence-electron chi connectivity index (χ0n) is 11.9. The van der Waals surface area contributed by atoms with Gasteiger partial charge in [-0.15, -0.1) is 16.4 Å². The van der Waals surface area contributed by atoms with Crippen LogP contribution in [-0.4, -0.2) is 20.2 Å². The van der Waals surface area contributed by atoms with Gasteiger partial charge in [-0.2, -0.15) is 5.10 Å². The zero-order chi connectivity index (χ0) is 14.9. The number of anilines is 1. The lowest BCUT2D eigenvalue weighted by Crippen LogP contribution is -2.30. The second-order valence-electron chi connectivity index (χ2n) is 5.09. The number of rotatable bonds is 4. The lowest BCUT2D eigenvalue weighted by molar-refractivity contribution is 0.598. The van der Waals surface area contributed by atoms with Crippen LogP contribution in [-0.2, 0) is 5.54 Å². The quantitative estimate of drug-likeness (QED) is 0.845. The molecule has 0 unspecified atom stereocenters. The Balaban J connectivity index is 2.44. The fraction of sp³-hybridized carbons (Fsp3) is 0.385. The van der Waals surface area contributed by atoms with Crippen molar-refractivity contribution in [3.8, 4) is 0 Å². The summed E-state index contributed by atoms with van der Waals surface area (Å²) in [5.41, 5.74) is 7.98. The molecule has 0 amide bonds. The van der Waals surface area contributed by atoms with Crippen molar-refractivity contribution in [1.82, 2.24) is 15.2 Å². The highest BCUT2D eigenvalue weighted by Gasteiger charge is 2.26. The van der Waals surface area contributed by atoms with Gasteiger partial charge in [-0.05, 0) is 33.3 Å². The summed E-state index contributed by atoms with van der Waals surface area (Å²) in [5.74, 6) is 0.598. The van der Waals surface area contributed by atoms with E-state index in [0.29, 0.717) is 10.8 Å². The summed E-state index contributed by atoms with van der Waals surface area (Å²) in [6, 6.07) is 0. The SMILES string of the molecule is Cc1nnc(NC(C)(C)c2nccs2)c(C(N)=S)c1C. The van der Waals surface area contributed by atoms with E-state index < -0.39 is 0 Å². The van der Waals surface area contributed by atoms with Gasteiger partial charge in [0.05, 0.1) is 16.8 Å². The first kappa shape index (κ1) is 14.8. The largest absolute Gasteiger partial charge is 0.389 e. The maximum absolute atomic E-state index is 5.83. The molecular weight excluding hydrogens is 290 g/mol. The fourth-order valence-corrected chi connectivity index (χ4v) is 2.85. The number of aromatic nitrogens is 3. The van der Waals surface area contributed by atoms with Crippen LogP contribution in [0.3, 0.4) is 0 Å². The summed E-state index contributed by atoms with van der Waals surface area (Å²) in [5, 5.41) is 14.6. The Morgan fingerprint density at radius 1 is 1.35 bits per heavy atom. The molecule has 0 aliphatic heterocycles. The topological polar surface area (TPSA) is 76.7 Å². The molecule has 20 heavy (non-hydrogen) atoms. The van der Waals surface area contributed by atoms with Crippen molar-refractivity contribution in [2.24, 2.45) is 5.73 Å². The molecule has 106 valence electrons. The van der Waals surface area contributed by atoms with Gasteiger partial charge >= 0.3 is 0 Å². The van der Waals surface area contributed by atoms with Crippen molar-refractivity contribution in [1.29, 1.82) is 0 Å². The maximum atomic E-state index is 5.83. The standard InChI is InChI=1S/C13H17N5S2/c1-7-8(2)17-18-11(9(7)10(14)19)16-13(3,4)12-15-5-6-20-12/h5-6H,1-4H3,(H2,14,19)(H,16,18). The average molecular weight is 307 g/mol. The van der Waals surface area contributed by atoms with Crippen LogP contribution in [0.4, 0.5) is 5.82 Å². The molecule has 5 nitrogen and oxygen atoms in total. The molecule has 0 fully saturated rings. The molecule has 0 saturated heterocycles. The Kier molecular flexibility index (Phi) is 4.01. The van der Waals surface area contributed by atoms with Crippen LogP contribution in [0.2, 0.25) is 0 Å². The van der Waals surface area contributed by atoms with E-state index in [1.807, 2.05) is 33.1 Å². The molecule has 0 bridgehead atoms. The number of nitrogens with one attached hydrogen (secondary N) is 1. The number of nitrogens with zero attached hydrogens (tertiary/aromatic N) is 3. The molecular formula is C13H17N5S2. The number of thiocarbonyl (C=S) groups is 1. The van der Waals surface area contributed by atoms with Crippen LogP contribution in [0, 0.1) is 13.8 Å². The lowest BCUT2D eigenvalue weighted by atomic mass is 10.0. The summed E-state index contributed by atoms with van der Waals surface area (Å²) < 4.78 is 0. The van der Waals surface area contributed by atoms with Crippen molar-refractivity contribution in [3.63, 3.8) is 0 Å². The van der Waals surface area contributed by atoms with E-state index in [4.69, 9.17) is 18.0 Å². The van der Waals surface area contributed by atoms with E-state index >= 15 is 0 Å². The minimum atomic E-state index is -0.371. The molecule has 2 aromatic heterocycles. The first-order chi connectivity index (χ1) is 9.33. The first-order valence-corrected chi connectivity index (χ1v) is 7.43. The van der Waals surface area contributed by atoms with Crippen LogP contribution >= 0.6 is 23.6 Å². The summed E-state index contributed by atoms with van der Waals surface area (Å²) in [4.78, 5) is 4.66. The van der Waals surface area contributed by atoms with Crippen LogP contribution in [0.5, 0.6) is 0 Å². The van der Waals surface area contributed by atoms with E-state index in [1.54, 1.807) is 17.5 Å². The first-order valence-electron chi connectivity index (χ1n) is 6.14. The molecule has 2 aromatic rings. The Bertz CT molecular complexity index is 634. The molecule has 0 radical (unpaired) electrons. The van der Waals surface area contributed by atoms with E-state index in [-0.39, 0.29) is 5.54 Å². The van der Waals surface area contributed by atoms with E-state index in [9.17, 15) is 0 Å². The van der Waals surface area contributed by atoms with Gasteiger partial charge in [0.1, 0.15) is 10.00 Å². The van der Waals surface area contributed by atoms with Crippen molar-refractivity contribution in [2.75, 3.05) is 5.32 Å². The summed E-state index contributed by atoms with van der Waals surface area (Å²) >= 11 is 6.73. The van der Waals surface area contributed by atoms with Crippen molar-refractivity contribution >= 4 is 34.4 Å². The van der Waals surface area contributed by atoms with Gasteiger partial charge in [-0.25, -0.2) is 4.98 Å². The van der Waals surface area contributed by atoms with Gasteiger partial charge < -0.3 is 11.1 Å². The highest BCUT2D eigenvalue weighted by Crippen LogP contribution is 2.28. The molecule has 2 heterocycles. The second-order valence-corrected chi connectivity index (χ2v) is 6.42. The molecule has 0 aliphatic rings. The average Bonchev–Trinajstić information content (AvgIpc) is 2.87. The Labute approximate surface area is 127 Å². The highest BCUT2D eigenvalue weighted by molar-refractivity contribution is 7.80. The summed E-state index contributed by atoms with van der Waals surface area (Å²) in [6.07, 6.45) is 1.78. The number of hydrogen-bond acceptors (Lipinski definition) is 6. The monoisotopic (exact) mass is 307 g/mol. The predicted octanol–water partition coefficient (Wildman–Crippen LogP) is 2.53. The Morgan fingerprint density at radius 3 is 2.60 bits per heavy atom. The van der Waals surface area contributed by atoms with Crippen LogP contribution in [0.1, 0.15) is 35.7 Å². The minimum absolute atomic E-state index is 0.318. The fourth-order valence-electron chi connectivity index (χ4n) is 1.88. The molecule has 2 rings (SSSR count). The molecule has 0 spiro atoms. The van der Waals surface area contributed by atoms with Gasteiger partial charge in [-0.1, -0.05) is 12.2 Å². The minimum Gasteiger partial charge on any atom is -0.389 e. The molecule has 7 heteroatoms. The second kappa shape index (κ2) is 5.41. The molecule has 0 atom stereocenters. The molecule has 0 saturated carbocycles. The maximum Gasteiger partial charge on any atom is 0.159 e. The normalized spacial score (nSPS) is 11.4.